The van der Waals surface area contributed by atoms with Crippen LogP contribution in [0, 0.1) is 5.92 Å². The smallest absolute Gasteiger partial charge is 0.337 e. The van der Waals surface area contributed by atoms with E-state index in [4.69, 9.17) is 14.2 Å². The second-order valence-electron chi connectivity index (χ2n) is 7.46. The molecule has 0 aromatic heterocycles. The molecular weight excluding hydrogens is 410 g/mol. The van der Waals surface area contributed by atoms with Crippen LogP contribution in [0.4, 0.5) is 5.69 Å². The van der Waals surface area contributed by atoms with Gasteiger partial charge in [-0.1, -0.05) is 30.3 Å². The maximum absolute atomic E-state index is 12.9. The number of amides is 1. The number of benzene rings is 2. The number of aliphatic hydroxyl groups is 1. The fraction of sp³-hybridized carbons (Fsp3) is 0.360. The first-order chi connectivity index (χ1) is 15.6. The molecule has 2 aromatic rings. The summed E-state index contributed by atoms with van der Waals surface area (Å²) in [5.41, 5.74) is 2.03. The monoisotopic (exact) mass is 439 g/mol. The average Bonchev–Trinajstić information content (AvgIpc) is 2.83. The lowest BCUT2D eigenvalue weighted by Crippen LogP contribution is -2.37. The number of carbonyl (C=O) groups is 2. The summed E-state index contributed by atoms with van der Waals surface area (Å²) < 4.78 is 16.6. The minimum atomic E-state index is -0.640. The Labute approximate surface area is 188 Å². The highest BCUT2D eigenvalue weighted by Crippen LogP contribution is 2.39. The summed E-state index contributed by atoms with van der Waals surface area (Å²) in [6.07, 6.45) is 2.38. The third-order valence-electron chi connectivity index (χ3n) is 5.38. The number of anilines is 1. The van der Waals surface area contributed by atoms with Gasteiger partial charge in [-0.05, 0) is 55.7 Å². The molecular formula is C25H29NO6. The minimum absolute atomic E-state index is 0.0500. The van der Waals surface area contributed by atoms with Gasteiger partial charge in [0.15, 0.2) is 5.76 Å². The summed E-state index contributed by atoms with van der Waals surface area (Å²) in [5.74, 6) is -0.910. The highest BCUT2D eigenvalue weighted by Gasteiger charge is 2.37. The van der Waals surface area contributed by atoms with Gasteiger partial charge in [-0.2, -0.15) is 0 Å². The van der Waals surface area contributed by atoms with E-state index >= 15 is 0 Å². The zero-order chi connectivity index (χ0) is 22.9. The van der Waals surface area contributed by atoms with Gasteiger partial charge in [0.1, 0.15) is 0 Å². The molecule has 7 nitrogen and oxygen atoms in total. The van der Waals surface area contributed by atoms with Crippen LogP contribution in [0.3, 0.4) is 0 Å². The molecule has 3 rings (SSSR count). The van der Waals surface area contributed by atoms with Crippen LogP contribution in [0.25, 0.3) is 0 Å². The number of methoxy groups -OCH3 is 1. The van der Waals surface area contributed by atoms with Crippen LogP contribution in [0.1, 0.15) is 41.6 Å². The summed E-state index contributed by atoms with van der Waals surface area (Å²) in [7, 11) is 1.34. The van der Waals surface area contributed by atoms with Gasteiger partial charge in [-0.25, -0.2) is 4.79 Å². The molecule has 2 N–H and O–H groups in total. The summed E-state index contributed by atoms with van der Waals surface area (Å²) in [4.78, 5) is 24.7. The van der Waals surface area contributed by atoms with Crippen molar-refractivity contribution < 1.29 is 28.9 Å². The maximum Gasteiger partial charge on any atom is 0.337 e. The lowest BCUT2D eigenvalue weighted by molar-refractivity contribution is -0.165. The third-order valence-corrected chi connectivity index (χ3v) is 5.38. The van der Waals surface area contributed by atoms with Gasteiger partial charge in [0, 0.05) is 30.7 Å². The largest absolute Gasteiger partial charge is 0.465 e. The van der Waals surface area contributed by atoms with Crippen molar-refractivity contribution in [2.24, 2.45) is 5.92 Å². The van der Waals surface area contributed by atoms with E-state index in [-0.39, 0.29) is 30.1 Å². The van der Waals surface area contributed by atoms with Crippen LogP contribution in [0.15, 0.2) is 66.4 Å². The predicted octanol–water partition coefficient (Wildman–Crippen LogP) is 3.86. The van der Waals surface area contributed by atoms with E-state index in [0.717, 1.165) is 5.56 Å². The van der Waals surface area contributed by atoms with Gasteiger partial charge in [0.2, 0.25) is 6.29 Å². The highest BCUT2D eigenvalue weighted by atomic mass is 16.7. The number of carbonyl (C=O) groups excluding carboxylic acids is 2. The van der Waals surface area contributed by atoms with Crippen molar-refractivity contribution in [3.05, 3.63) is 77.6 Å². The number of rotatable bonds is 9. The summed E-state index contributed by atoms with van der Waals surface area (Å²) in [6, 6.07) is 16.2. The molecule has 0 saturated heterocycles. The minimum Gasteiger partial charge on any atom is -0.465 e. The van der Waals surface area contributed by atoms with Gasteiger partial charge in [0.05, 0.1) is 12.7 Å². The van der Waals surface area contributed by atoms with Gasteiger partial charge in [-0.3, -0.25) is 4.79 Å². The molecule has 1 amide bonds. The molecule has 0 aliphatic carbocycles. The van der Waals surface area contributed by atoms with Crippen molar-refractivity contribution >= 4 is 17.6 Å². The Morgan fingerprint density at radius 2 is 1.81 bits per heavy atom. The molecule has 0 unspecified atom stereocenters. The molecule has 32 heavy (non-hydrogen) atoms. The van der Waals surface area contributed by atoms with Crippen molar-refractivity contribution in [3.63, 3.8) is 0 Å². The van der Waals surface area contributed by atoms with Crippen LogP contribution < -0.4 is 5.32 Å². The quantitative estimate of drug-likeness (QED) is 0.576. The van der Waals surface area contributed by atoms with E-state index in [1.807, 2.05) is 37.3 Å². The Bertz CT molecular complexity index is 925. The Balaban J connectivity index is 1.94. The fourth-order valence-corrected chi connectivity index (χ4v) is 3.82. The fourth-order valence-electron chi connectivity index (χ4n) is 3.82. The molecule has 1 aliphatic heterocycles. The predicted molar refractivity (Wildman–Crippen MR) is 120 cm³/mol. The van der Waals surface area contributed by atoms with E-state index in [1.165, 1.54) is 7.11 Å². The number of nitrogens with one attached hydrogen (secondary N) is 1. The number of para-hydroxylation sites is 1. The number of allylic oxidation sites excluding steroid dienone is 1. The molecule has 0 spiro atoms. The summed E-state index contributed by atoms with van der Waals surface area (Å²) >= 11 is 0. The molecule has 2 aromatic carbocycles. The van der Waals surface area contributed by atoms with Gasteiger partial charge < -0.3 is 24.6 Å². The van der Waals surface area contributed by atoms with Crippen molar-refractivity contribution in [1.82, 2.24) is 0 Å². The van der Waals surface area contributed by atoms with E-state index in [1.54, 1.807) is 30.3 Å². The van der Waals surface area contributed by atoms with E-state index in [9.17, 15) is 14.7 Å². The molecule has 1 aliphatic rings. The number of aliphatic hydroxyl groups excluding tert-OH is 1. The summed E-state index contributed by atoms with van der Waals surface area (Å²) in [5, 5.41) is 12.2. The topological polar surface area (TPSA) is 94.1 Å². The van der Waals surface area contributed by atoms with Gasteiger partial charge in [-0.15, -0.1) is 0 Å². The number of ether oxygens (including phenoxy) is 3. The lowest BCUT2D eigenvalue weighted by Gasteiger charge is -2.37. The van der Waals surface area contributed by atoms with Crippen LogP contribution in [-0.2, 0) is 19.0 Å². The van der Waals surface area contributed by atoms with E-state index < -0.39 is 12.3 Å². The number of hydrogen-bond donors (Lipinski definition) is 2. The van der Waals surface area contributed by atoms with E-state index in [0.29, 0.717) is 30.7 Å². The Morgan fingerprint density at radius 1 is 1.09 bits per heavy atom. The average molecular weight is 440 g/mol. The zero-order valence-electron chi connectivity index (χ0n) is 18.3. The van der Waals surface area contributed by atoms with Gasteiger partial charge >= 0.3 is 5.97 Å². The van der Waals surface area contributed by atoms with Crippen LogP contribution in [0.2, 0.25) is 0 Å². The SMILES string of the molecule is CCO[C@@H]1OC(C(=O)Nc2ccccc2)=C[C@H](c2ccc(C(=O)OC)cc2)[C@@H]1CCCO. The van der Waals surface area contributed by atoms with Crippen molar-refractivity contribution in [2.75, 3.05) is 25.6 Å². The molecule has 0 bridgehead atoms. The van der Waals surface area contributed by atoms with Crippen molar-refractivity contribution in [2.45, 2.75) is 32.0 Å². The second-order valence-corrected chi connectivity index (χ2v) is 7.46. The first kappa shape index (κ1) is 23.5. The van der Waals surface area contributed by atoms with Crippen molar-refractivity contribution in [1.29, 1.82) is 0 Å². The lowest BCUT2D eigenvalue weighted by atomic mass is 9.80. The molecule has 0 saturated carbocycles. The molecule has 170 valence electrons. The second kappa shape index (κ2) is 11.5. The van der Waals surface area contributed by atoms with E-state index in [2.05, 4.69) is 5.32 Å². The standard InChI is InChI=1S/C25H29NO6/c1-3-31-25-20(10-7-15-27)21(17-11-13-18(14-12-17)24(29)30-2)16-22(32-25)23(28)26-19-8-5-4-6-9-19/h4-6,8-9,11-14,16,20-21,25,27H,3,7,10,15H2,1-2H3,(H,26,28)/t20-,21+,25+/m0/s1. The molecule has 1 heterocycles. The van der Waals surface area contributed by atoms with Crippen LogP contribution in [0.5, 0.6) is 0 Å². The van der Waals surface area contributed by atoms with Gasteiger partial charge in [0.25, 0.3) is 5.91 Å². The highest BCUT2D eigenvalue weighted by molar-refractivity contribution is 6.02. The molecule has 7 heteroatoms. The maximum atomic E-state index is 12.9. The van der Waals surface area contributed by atoms with Crippen LogP contribution >= 0.6 is 0 Å². The zero-order valence-corrected chi connectivity index (χ0v) is 18.3. The molecule has 0 fully saturated rings. The molecule has 3 atom stereocenters. The Kier molecular flexibility index (Phi) is 8.41. The Morgan fingerprint density at radius 3 is 2.44 bits per heavy atom. The molecule has 0 radical (unpaired) electrons. The normalized spacial score (nSPS) is 20.1. The first-order valence-corrected chi connectivity index (χ1v) is 10.7. The van der Waals surface area contributed by atoms with Crippen LogP contribution in [-0.4, -0.2) is 43.6 Å². The van der Waals surface area contributed by atoms with Crippen molar-refractivity contribution in [3.8, 4) is 0 Å². The summed E-state index contributed by atoms with van der Waals surface area (Å²) in [6.45, 7) is 2.34. The first-order valence-electron chi connectivity index (χ1n) is 10.7. The number of hydrogen-bond acceptors (Lipinski definition) is 6. The third kappa shape index (κ3) is 5.75. The number of esters is 1. The Hall–Kier alpha value is -3.16.